The molecule has 0 fully saturated rings. The molecule has 1 aliphatic rings. The van der Waals surface area contributed by atoms with Gasteiger partial charge in [0.25, 0.3) is 0 Å². The van der Waals surface area contributed by atoms with Gasteiger partial charge in [0, 0.05) is 39.5 Å². The fourth-order valence-electron chi connectivity index (χ4n) is 3.51. The van der Waals surface area contributed by atoms with E-state index >= 15 is 0 Å². The van der Waals surface area contributed by atoms with Crippen molar-refractivity contribution in [3.05, 3.63) is 71.8 Å². The first kappa shape index (κ1) is 19.1. The predicted molar refractivity (Wildman–Crippen MR) is 109 cm³/mol. The zero-order chi connectivity index (χ0) is 20.1. The van der Waals surface area contributed by atoms with Gasteiger partial charge in [-0.15, -0.1) is 10.2 Å². The van der Waals surface area contributed by atoms with E-state index in [0.717, 1.165) is 55.7 Å². The van der Waals surface area contributed by atoms with Crippen LogP contribution >= 0.6 is 0 Å². The Morgan fingerprint density at radius 2 is 1.86 bits per heavy atom. The number of hydrogen-bond acceptors (Lipinski definition) is 5. The highest BCUT2D eigenvalue weighted by molar-refractivity contribution is 5.72. The van der Waals surface area contributed by atoms with Gasteiger partial charge in [0.05, 0.1) is 6.54 Å². The van der Waals surface area contributed by atoms with Crippen LogP contribution in [0.15, 0.2) is 54.6 Å². The van der Waals surface area contributed by atoms with E-state index in [1.807, 2.05) is 42.5 Å². The second kappa shape index (κ2) is 8.87. The minimum atomic E-state index is -0.0600. The van der Waals surface area contributed by atoms with Crippen molar-refractivity contribution in [3.8, 4) is 11.5 Å². The van der Waals surface area contributed by atoms with Crippen molar-refractivity contribution in [1.82, 2.24) is 25.0 Å². The number of aromatic nitrogens is 3. The van der Waals surface area contributed by atoms with Crippen molar-refractivity contribution in [2.45, 2.75) is 33.0 Å². The Morgan fingerprint density at radius 3 is 2.69 bits per heavy atom. The standard InChI is InChI=1S/C22H25N5O2/c1-17(28)23-15-22-25-24-21-10-11-26(12-13-27(21)22)16-18-6-5-9-20(14-18)29-19-7-3-2-4-8-19/h2-9,14H,10-13,15-16H2,1H3,(H,23,28). The van der Waals surface area contributed by atoms with Crippen LogP contribution in [0.25, 0.3) is 0 Å². The number of nitrogens with one attached hydrogen (secondary N) is 1. The minimum Gasteiger partial charge on any atom is -0.457 e. The topological polar surface area (TPSA) is 72.3 Å². The lowest BCUT2D eigenvalue weighted by atomic mass is 10.2. The highest BCUT2D eigenvalue weighted by atomic mass is 16.5. The number of hydrogen-bond donors (Lipinski definition) is 1. The molecule has 4 rings (SSSR count). The van der Waals surface area contributed by atoms with Crippen LogP contribution in [0.3, 0.4) is 0 Å². The van der Waals surface area contributed by atoms with Crippen molar-refractivity contribution in [2.24, 2.45) is 0 Å². The lowest BCUT2D eigenvalue weighted by molar-refractivity contribution is -0.119. The molecule has 0 saturated heterocycles. The summed E-state index contributed by atoms with van der Waals surface area (Å²) in [6.45, 7) is 5.42. The Labute approximate surface area is 170 Å². The first-order valence-electron chi connectivity index (χ1n) is 9.87. The fraction of sp³-hybridized carbons (Fsp3) is 0.318. The lowest BCUT2D eigenvalue weighted by Gasteiger charge is -2.20. The quantitative estimate of drug-likeness (QED) is 0.700. The average Bonchev–Trinajstić information content (AvgIpc) is 3.00. The van der Waals surface area contributed by atoms with Gasteiger partial charge in [0.1, 0.15) is 17.3 Å². The largest absolute Gasteiger partial charge is 0.457 e. The molecular formula is C22H25N5O2. The van der Waals surface area contributed by atoms with Gasteiger partial charge in [0.15, 0.2) is 5.82 Å². The van der Waals surface area contributed by atoms with Gasteiger partial charge in [-0.2, -0.15) is 0 Å². The average molecular weight is 391 g/mol. The first-order valence-corrected chi connectivity index (χ1v) is 9.87. The molecule has 2 heterocycles. The summed E-state index contributed by atoms with van der Waals surface area (Å²) in [6.07, 6.45) is 0.841. The lowest BCUT2D eigenvalue weighted by Crippen LogP contribution is -2.27. The molecule has 0 aliphatic carbocycles. The van der Waals surface area contributed by atoms with Gasteiger partial charge < -0.3 is 14.6 Å². The van der Waals surface area contributed by atoms with Crippen LogP contribution < -0.4 is 10.1 Å². The fourth-order valence-corrected chi connectivity index (χ4v) is 3.51. The summed E-state index contributed by atoms with van der Waals surface area (Å²) in [5.41, 5.74) is 1.22. The maximum absolute atomic E-state index is 11.2. The number of carbonyl (C=O) groups is 1. The molecule has 1 amide bonds. The van der Waals surface area contributed by atoms with Crippen molar-refractivity contribution < 1.29 is 9.53 Å². The van der Waals surface area contributed by atoms with Crippen molar-refractivity contribution >= 4 is 5.91 Å². The molecular weight excluding hydrogens is 366 g/mol. The molecule has 150 valence electrons. The van der Waals surface area contributed by atoms with Crippen LogP contribution in [-0.2, 0) is 30.8 Å². The summed E-state index contributed by atoms with van der Waals surface area (Å²) < 4.78 is 8.09. The van der Waals surface area contributed by atoms with Gasteiger partial charge in [-0.3, -0.25) is 9.69 Å². The summed E-state index contributed by atoms with van der Waals surface area (Å²) in [4.78, 5) is 13.6. The van der Waals surface area contributed by atoms with E-state index in [1.54, 1.807) is 0 Å². The summed E-state index contributed by atoms with van der Waals surface area (Å²) in [7, 11) is 0. The smallest absolute Gasteiger partial charge is 0.217 e. The second-order valence-corrected chi connectivity index (χ2v) is 7.18. The van der Waals surface area contributed by atoms with Crippen LogP contribution in [0.2, 0.25) is 0 Å². The molecule has 0 atom stereocenters. The molecule has 0 spiro atoms. The molecule has 29 heavy (non-hydrogen) atoms. The number of benzene rings is 2. The third-order valence-electron chi connectivity index (χ3n) is 4.97. The van der Waals surface area contributed by atoms with E-state index in [9.17, 15) is 4.79 Å². The Morgan fingerprint density at radius 1 is 1.03 bits per heavy atom. The van der Waals surface area contributed by atoms with Gasteiger partial charge in [-0.1, -0.05) is 30.3 Å². The summed E-state index contributed by atoms with van der Waals surface area (Å²) in [5, 5.41) is 11.4. The van der Waals surface area contributed by atoms with E-state index in [0.29, 0.717) is 6.54 Å². The van der Waals surface area contributed by atoms with E-state index < -0.39 is 0 Å². The molecule has 0 unspecified atom stereocenters. The van der Waals surface area contributed by atoms with Gasteiger partial charge in [-0.05, 0) is 29.8 Å². The van der Waals surface area contributed by atoms with Crippen molar-refractivity contribution in [3.63, 3.8) is 0 Å². The van der Waals surface area contributed by atoms with E-state index in [-0.39, 0.29) is 5.91 Å². The van der Waals surface area contributed by atoms with Gasteiger partial charge in [0.2, 0.25) is 5.91 Å². The number of rotatable bonds is 6. The molecule has 0 bridgehead atoms. The number of amides is 1. The summed E-state index contributed by atoms with van der Waals surface area (Å²) in [5.74, 6) is 3.42. The monoisotopic (exact) mass is 391 g/mol. The van der Waals surface area contributed by atoms with Gasteiger partial charge >= 0.3 is 0 Å². The highest BCUT2D eigenvalue weighted by Crippen LogP contribution is 2.23. The highest BCUT2D eigenvalue weighted by Gasteiger charge is 2.19. The third-order valence-corrected chi connectivity index (χ3v) is 4.97. The number of carbonyl (C=O) groups excluding carboxylic acids is 1. The Hall–Kier alpha value is -3.19. The molecule has 3 aromatic rings. The molecule has 1 aromatic heterocycles. The maximum atomic E-state index is 11.2. The maximum Gasteiger partial charge on any atom is 0.217 e. The molecule has 7 heteroatoms. The van der Waals surface area contributed by atoms with Crippen LogP contribution in [0, 0.1) is 0 Å². The SMILES string of the molecule is CC(=O)NCc1nnc2n1CCN(Cc1cccc(Oc3ccccc3)c1)CC2. The second-order valence-electron chi connectivity index (χ2n) is 7.18. The number of nitrogens with zero attached hydrogens (tertiary/aromatic N) is 4. The number of fused-ring (bicyclic) bond motifs is 1. The first-order chi connectivity index (χ1) is 14.2. The number of ether oxygens (including phenoxy) is 1. The van der Waals surface area contributed by atoms with Crippen LogP contribution in [-0.4, -0.2) is 38.7 Å². The van der Waals surface area contributed by atoms with E-state index in [4.69, 9.17) is 4.74 Å². The molecule has 1 aliphatic heterocycles. The van der Waals surface area contributed by atoms with E-state index in [2.05, 4.69) is 37.1 Å². The van der Waals surface area contributed by atoms with Gasteiger partial charge in [-0.25, -0.2) is 0 Å². The molecule has 0 saturated carbocycles. The number of para-hydroxylation sites is 1. The van der Waals surface area contributed by atoms with Crippen molar-refractivity contribution in [2.75, 3.05) is 13.1 Å². The van der Waals surface area contributed by atoms with E-state index in [1.165, 1.54) is 12.5 Å². The van der Waals surface area contributed by atoms with Crippen LogP contribution in [0.4, 0.5) is 0 Å². The minimum absolute atomic E-state index is 0.0600. The summed E-state index contributed by atoms with van der Waals surface area (Å²) in [6, 6.07) is 18.1. The summed E-state index contributed by atoms with van der Waals surface area (Å²) >= 11 is 0. The molecule has 1 N–H and O–H groups in total. The van der Waals surface area contributed by atoms with Crippen LogP contribution in [0.5, 0.6) is 11.5 Å². The molecule has 0 radical (unpaired) electrons. The normalized spacial score (nSPS) is 14.1. The Balaban J connectivity index is 1.38. The molecule has 2 aromatic carbocycles. The zero-order valence-electron chi connectivity index (χ0n) is 16.5. The Kier molecular flexibility index (Phi) is 5.86. The Bertz CT molecular complexity index is 970. The third kappa shape index (κ3) is 5.00. The zero-order valence-corrected chi connectivity index (χ0v) is 16.5. The predicted octanol–water partition coefficient (Wildman–Crippen LogP) is 2.76. The van der Waals surface area contributed by atoms with Crippen LogP contribution in [0.1, 0.15) is 24.1 Å². The van der Waals surface area contributed by atoms with Crippen molar-refractivity contribution in [1.29, 1.82) is 0 Å². The molecule has 7 nitrogen and oxygen atoms in total.